The largest absolute Gasteiger partial charge is 0.472 e. The molecular formula is C58H117N2O6P. The maximum Gasteiger partial charge on any atom is 0.472 e. The van der Waals surface area contributed by atoms with Gasteiger partial charge in [0.15, 0.2) is 0 Å². The van der Waals surface area contributed by atoms with Crippen LogP contribution in [0.25, 0.3) is 0 Å². The van der Waals surface area contributed by atoms with Gasteiger partial charge in [-0.05, 0) is 19.3 Å². The van der Waals surface area contributed by atoms with Crippen LogP contribution in [0.3, 0.4) is 0 Å². The Morgan fingerprint density at radius 1 is 0.478 bits per heavy atom. The third-order valence-corrected chi connectivity index (χ3v) is 14.8. The van der Waals surface area contributed by atoms with Crippen LogP contribution in [0.15, 0.2) is 12.2 Å². The number of hydrogen-bond acceptors (Lipinski definition) is 6. The first-order valence-corrected chi connectivity index (χ1v) is 31.3. The molecule has 1 amide bonds. The highest BCUT2D eigenvalue weighted by Crippen LogP contribution is 2.43. The molecule has 0 saturated carbocycles. The zero-order valence-corrected chi connectivity index (χ0v) is 45.8. The van der Waals surface area contributed by atoms with Crippen molar-refractivity contribution in [1.82, 2.24) is 5.32 Å². The van der Waals surface area contributed by atoms with Crippen LogP contribution in [-0.2, 0) is 18.4 Å². The third-order valence-electron chi connectivity index (χ3n) is 13.9. The Morgan fingerprint density at radius 2 is 0.761 bits per heavy atom. The molecule has 0 fully saturated rings. The number of allylic oxidation sites excluding steroid dienone is 1. The van der Waals surface area contributed by atoms with Crippen LogP contribution in [0.1, 0.15) is 322 Å². The second kappa shape index (κ2) is 54.6. The number of phosphoric ester groups is 1. The molecule has 0 saturated heterocycles. The van der Waals surface area contributed by atoms with Gasteiger partial charge in [0.1, 0.15) is 0 Å². The normalized spacial score (nSPS) is 13.7. The number of aliphatic hydroxyl groups is 1. The molecule has 0 aliphatic rings. The number of nitrogens with one attached hydrogen (secondary N) is 1. The SMILES string of the molecule is CCCCCCCCCCCCC/C=C/[C@@H](O)[C@H](COP(=O)(O)OCCN)NC(=O)CCCCCCCCCCCCCCCCCCCCCCCCCCCCCCCCCCCCC. The maximum absolute atomic E-state index is 12.8. The molecule has 0 heterocycles. The lowest BCUT2D eigenvalue weighted by molar-refractivity contribution is -0.123. The van der Waals surface area contributed by atoms with Gasteiger partial charge in [-0.2, -0.15) is 0 Å². The number of nitrogens with two attached hydrogens (primary N) is 1. The third kappa shape index (κ3) is 52.9. The molecule has 67 heavy (non-hydrogen) atoms. The fourth-order valence-electron chi connectivity index (χ4n) is 9.37. The van der Waals surface area contributed by atoms with E-state index in [2.05, 4.69) is 19.2 Å². The standard InChI is InChI=1S/C58H117N2O6P/c1-3-5-7-9-11-13-15-17-18-19-20-21-22-23-24-25-26-27-28-29-30-31-32-33-34-35-36-37-38-40-42-44-46-48-50-52-58(62)60-56(55-66-67(63,64)65-54-53-59)57(61)51-49-47-45-43-41-39-16-14-12-10-8-6-4-2/h49,51,56-57,61H,3-48,50,52-55,59H2,1-2H3,(H,60,62)(H,63,64)/b51-49+/t56-,57+/m0/s1. The number of phosphoric acid groups is 1. The molecule has 0 bridgehead atoms. The molecular weight excluding hydrogens is 852 g/mol. The van der Waals surface area contributed by atoms with Crippen LogP contribution in [0.2, 0.25) is 0 Å². The Morgan fingerprint density at radius 3 is 1.06 bits per heavy atom. The molecule has 400 valence electrons. The topological polar surface area (TPSA) is 131 Å². The van der Waals surface area contributed by atoms with E-state index in [9.17, 15) is 19.4 Å². The number of hydrogen-bond donors (Lipinski definition) is 4. The fourth-order valence-corrected chi connectivity index (χ4v) is 10.1. The molecule has 0 aromatic heterocycles. The number of carbonyl (C=O) groups is 1. The monoisotopic (exact) mass is 969 g/mol. The average Bonchev–Trinajstić information content (AvgIpc) is 3.32. The van der Waals surface area contributed by atoms with Crippen LogP contribution in [0, 0.1) is 0 Å². The molecule has 0 spiro atoms. The quantitative estimate of drug-likeness (QED) is 0.0271. The Hall–Kier alpha value is -0.760. The van der Waals surface area contributed by atoms with Crippen molar-refractivity contribution in [2.75, 3.05) is 19.8 Å². The predicted octanol–water partition coefficient (Wildman–Crippen LogP) is 18.2. The lowest BCUT2D eigenvalue weighted by atomic mass is 10.0. The van der Waals surface area contributed by atoms with E-state index >= 15 is 0 Å². The highest BCUT2D eigenvalue weighted by Gasteiger charge is 2.27. The van der Waals surface area contributed by atoms with E-state index in [1.165, 1.54) is 263 Å². The van der Waals surface area contributed by atoms with Crippen molar-refractivity contribution in [2.45, 2.75) is 334 Å². The first-order chi connectivity index (χ1) is 32.9. The zero-order chi connectivity index (χ0) is 48.8. The summed E-state index contributed by atoms with van der Waals surface area (Å²) in [5, 5.41) is 13.7. The van der Waals surface area contributed by atoms with Crippen molar-refractivity contribution in [3.05, 3.63) is 12.2 Å². The summed E-state index contributed by atoms with van der Waals surface area (Å²) in [6, 6.07) is -0.856. The molecule has 0 aromatic carbocycles. The van der Waals surface area contributed by atoms with Gasteiger partial charge in [0.25, 0.3) is 0 Å². The molecule has 0 aromatic rings. The first-order valence-electron chi connectivity index (χ1n) is 29.8. The fraction of sp³-hybridized carbons (Fsp3) is 0.948. The lowest BCUT2D eigenvalue weighted by Crippen LogP contribution is -2.45. The molecule has 0 aliphatic carbocycles. The van der Waals surface area contributed by atoms with Gasteiger partial charge in [-0.25, -0.2) is 4.57 Å². The first kappa shape index (κ1) is 66.2. The summed E-state index contributed by atoms with van der Waals surface area (Å²) < 4.78 is 22.2. The van der Waals surface area contributed by atoms with Gasteiger partial charge in [-0.3, -0.25) is 13.8 Å². The van der Waals surface area contributed by atoms with E-state index in [0.717, 1.165) is 38.5 Å². The van der Waals surface area contributed by atoms with Crippen LogP contribution >= 0.6 is 7.82 Å². The Labute approximate surface area is 417 Å². The summed E-state index contributed by atoms with van der Waals surface area (Å²) in [5.41, 5.74) is 5.40. The molecule has 1 unspecified atom stereocenters. The smallest absolute Gasteiger partial charge is 0.387 e. The van der Waals surface area contributed by atoms with Crippen molar-refractivity contribution in [1.29, 1.82) is 0 Å². The highest BCUT2D eigenvalue weighted by atomic mass is 31.2. The Balaban J connectivity index is 3.76. The molecule has 0 rings (SSSR count). The van der Waals surface area contributed by atoms with Crippen molar-refractivity contribution < 1.29 is 28.4 Å². The van der Waals surface area contributed by atoms with Crippen molar-refractivity contribution in [3.63, 3.8) is 0 Å². The Bertz CT molecular complexity index is 1060. The number of amides is 1. The molecule has 0 radical (unpaired) electrons. The van der Waals surface area contributed by atoms with E-state index in [1.54, 1.807) is 6.08 Å². The number of aliphatic hydroxyl groups excluding tert-OH is 1. The maximum atomic E-state index is 12.8. The minimum atomic E-state index is -4.34. The molecule has 3 atom stereocenters. The summed E-state index contributed by atoms with van der Waals surface area (Å²) in [7, 11) is -4.34. The summed E-state index contributed by atoms with van der Waals surface area (Å²) in [6.45, 7) is 4.18. The summed E-state index contributed by atoms with van der Waals surface area (Å²) in [5.74, 6) is -0.187. The molecule has 9 heteroatoms. The van der Waals surface area contributed by atoms with E-state index in [1.807, 2.05) is 6.08 Å². The van der Waals surface area contributed by atoms with Crippen LogP contribution in [-0.4, -0.2) is 47.8 Å². The van der Waals surface area contributed by atoms with Gasteiger partial charge < -0.3 is 21.1 Å². The van der Waals surface area contributed by atoms with Crippen molar-refractivity contribution in [2.24, 2.45) is 5.73 Å². The molecule has 0 aliphatic heterocycles. The average molecular weight is 970 g/mol. The predicted molar refractivity (Wildman–Crippen MR) is 291 cm³/mol. The van der Waals surface area contributed by atoms with E-state index < -0.39 is 20.0 Å². The lowest BCUT2D eigenvalue weighted by Gasteiger charge is -2.23. The zero-order valence-electron chi connectivity index (χ0n) is 44.9. The van der Waals surface area contributed by atoms with Gasteiger partial charge in [0, 0.05) is 13.0 Å². The van der Waals surface area contributed by atoms with Gasteiger partial charge in [-0.1, -0.05) is 309 Å². The number of unbranched alkanes of at least 4 members (excludes halogenated alkanes) is 45. The summed E-state index contributed by atoms with van der Waals surface area (Å²) in [4.78, 5) is 22.8. The van der Waals surface area contributed by atoms with E-state index in [-0.39, 0.29) is 25.7 Å². The van der Waals surface area contributed by atoms with Crippen LogP contribution in [0.5, 0.6) is 0 Å². The van der Waals surface area contributed by atoms with Gasteiger partial charge in [0.2, 0.25) is 5.91 Å². The minimum Gasteiger partial charge on any atom is -0.387 e. The van der Waals surface area contributed by atoms with Crippen LogP contribution in [0.4, 0.5) is 0 Å². The van der Waals surface area contributed by atoms with Crippen molar-refractivity contribution in [3.8, 4) is 0 Å². The second-order valence-corrected chi connectivity index (χ2v) is 22.0. The van der Waals surface area contributed by atoms with E-state index in [4.69, 9.17) is 14.8 Å². The highest BCUT2D eigenvalue weighted by molar-refractivity contribution is 7.47. The molecule has 5 N–H and O–H groups in total. The van der Waals surface area contributed by atoms with Gasteiger partial charge in [0.05, 0.1) is 25.4 Å². The number of carbonyl (C=O) groups excluding carboxylic acids is 1. The van der Waals surface area contributed by atoms with Crippen molar-refractivity contribution >= 4 is 13.7 Å². The van der Waals surface area contributed by atoms with Gasteiger partial charge in [-0.15, -0.1) is 0 Å². The number of rotatable bonds is 57. The van der Waals surface area contributed by atoms with Gasteiger partial charge >= 0.3 is 7.82 Å². The van der Waals surface area contributed by atoms with E-state index in [0.29, 0.717) is 6.42 Å². The summed E-state index contributed by atoms with van der Waals surface area (Å²) in [6.07, 6.45) is 66.2. The summed E-state index contributed by atoms with van der Waals surface area (Å²) >= 11 is 0. The second-order valence-electron chi connectivity index (χ2n) is 20.6. The minimum absolute atomic E-state index is 0.0816. The van der Waals surface area contributed by atoms with Crippen LogP contribution < -0.4 is 11.1 Å². The Kier molecular flexibility index (Phi) is 54.0. The molecule has 8 nitrogen and oxygen atoms in total.